The molecular weight excluding hydrogens is 1700 g/mol. The van der Waals surface area contributed by atoms with Crippen LogP contribution in [0.5, 0.6) is 0 Å². The molecule has 0 N–H and O–H groups in total. The molecule has 0 unspecified atom stereocenters. The molecule has 0 amide bonds. The number of aromatic nitrogens is 3. The maximum absolute atomic E-state index is 6.49. The van der Waals surface area contributed by atoms with E-state index in [1.54, 1.807) is 0 Å². The van der Waals surface area contributed by atoms with Gasteiger partial charge in [-0.1, -0.05) is 291 Å². The third-order valence-corrected chi connectivity index (χ3v) is 31.1. The highest BCUT2D eigenvalue weighted by Gasteiger charge is 2.25. The van der Waals surface area contributed by atoms with E-state index in [-0.39, 0.29) is 0 Å². The molecule has 0 radical (unpaired) electrons. The average molecular weight is 1780 g/mol. The van der Waals surface area contributed by atoms with Crippen molar-refractivity contribution < 1.29 is 13.3 Å². The number of furan rings is 3. The van der Waals surface area contributed by atoms with Crippen LogP contribution in [0.15, 0.2) is 468 Å². The van der Waals surface area contributed by atoms with Gasteiger partial charge >= 0.3 is 0 Å². The van der Waals surface area contributed by atoms with Crippen LogP contribution in [0.3, 0.4) is 0 Å². The van der Waals surface area contributed by atoms with Crippen LogP contribution in [-0.2, 0) is 0 Å². The van der Waals surface area contributed by atoms with Crippen molar-refractivity contribution in [1.29, 1.82) is 0 Å². The maximum atomic E-state index is 6.49. The Morgan fingerprint density at radius 2 is 0.519 bits per heavy atom. The second kappa shape index (κ2) is 30.9. The number of benzene rings is 21. The lowest BCUT2D eigenvalue weighted by molar-refractivity contribution is 0.669. The lowest BCUT2D eigenvalue weighted by Crippen LogP contribution is -1.92. The highest BCUT2D eigenvalue weighted by molar-refractivity contribution is 7.27. The van der Waals surface area contributed by atoms with Crippen molar-refractivity contribution in [2.45, 2.75) is 0 Å². The Kier molecular flexibility index (Phi) is 17.6. The number of rotatable bonds is 9. The van der Waals surface area contributed by atoms with Crippen LogP contribution < -0.4 is 0 Å². The summed E-state index contributed by atoms with van der Waals surface area (Å²) in [6.07, 6.45) is 0. The summed E-state index contributed by atoms with van der Waals surface area (Å²) in [5.74, 6) is 0. The molecule has 30 rings (SSSR count). The minimum absolute atomic E-state index is 0.916. The predicted octanol–water partition coefficient (Wildman–Crippen LogP) is 37.2. The van der Waals surface area contributed by atoms with E-state index in [4.69, 9.17) is 13.3 Å². The van der Waals surface area contributed by atoms with Gasteiger partial charge in [0.15, 0.2) is 0 Å². The van der Waals surface area contributed by atoms with Crippen LogP contribution >= 0.6 is 34.0 Å². The number of fused-ring (bicyclic) bond motifs is 29. The van der Waals surface area contributed by atoms with Gasteiger partial charge in [-0.3, -0.25) is 0 Å². The minimum atomic E-state index is 0.916. The summed E-state index contributed by atoms with van der Waals surface area (Å²) in [7, 11) is 0. The predicted molar refractivity (Wildman–Crippen MR) is 575 cm³/mol. The molecule has 30 aromatic rings. The minimum Gasteiger partial charge on any atom is -0.456 e. The number of para-hydroxylation sites is 6. The standard InChI is InChI=1S/3C42H25NOS/c1-2-13-30(14-3-1)43-36-18-7-6-16-33(36)42-40(43)35-25-28(21-23-38(35)45-42)27-11-8-12-29(24-27)31-17-9-19-37-39(31)34-22-20-26-10-4-5-15-32(26)41(34)44-37;1-2-12-31(13-3-1)43-36-16-7-6-15-33(36)42-41(43)35-24-29(19-22-39(35)45-42)27-10-8-11-28(23-27)30-17-20-34-38(25-30)44-37-21-18-26-9-4-5-14-32(26)40(34)37;1-2-13-32(14-3-1)43-37-16-7-6-15-34(37)42-41(43)36-23-30(18-20-40(36)45-42)26-11-8-12-27(21-26)31-17-19-33-35-22-28-9-4-5-10-29(28)24-39(35)44-38(33)25-31/h3*1-25H. The van der Waals surface area contributed by atoms with Gasteiger partial charge in [0, 0.05) is 101 Å². The monoisotopic (exact) mass is 1770 g/mol. The molecule has 6 nitrogen and oxygen atoms in total. The summed E-state index contributed by atoms with van der Waals surface area (Å²) in [5, 5.41) is 22.0. The van der Waals surface area contributed by atoms with Crippen LogP contribution in [0.1, 0.15) is 0 Å². The number of nitrogens with zero attached hydrogens (tertiary/aromatic N) is 3. The molecule has 0 fully saturated rings. The van der Waals surface area contributed by atoms with E-state index in [9.17, 15) is 0 Å². The Balaban J connectivity index is 0.000000101. The number of hydrogen-bond acceptors (Lipinski definition) is 6. The topological polar surface area (TPSA) is 54.2 Å². The molecule has 21 aromatic carbocycles. The summed E-state index contributed by atoms with van der Waals surface area (Å²) in [6, 6.07) is 164. The Bertz CT molecular complexity index is 10100. The lowest BCUT2D eigenvalue weighted by Gasteiger charge is -2.10. The third-order valence-electron chi connectivity index (χ3n) is 27.5. The Hall–Kier alpha value is -16.9. The molecule has 0 bridgehead atoms. The molecule has 630 valence electrons. The van der Waals surface area contributed by atoms with E-state index >= 15 is 0 Å². The van der Waals surface area contributed by atoms with Crippen molar-refractivity contribution in [3.8, 4) is 83.8 Å². The summed E-state index contributed by atoms with van der Waals surface area (Å²) >= 11 is 5.65. The zero-order valence-electron chi connectivity index (χ0n) is 72.6. The first kappa shape index (κ1) is 76.9. The fraction of sp³-hybridized carbons (Fsp3) is 0. The normalized spacial score (nSPS) is 12.0. The molecule has 0 atom stereocenters. The van der Waals surface area contributed by atoms with Crippen LogP contribution in [-0.4, -0.2) is 13.7 Å². The largest absolute Gasteiger partial charge is 0.456 e. The molecular formula is C126H75N3O3S3. The first-order valence-corrected chi connectivity index (χ1v) is 48.2. The molecule has 0 aliphatic heterocycles. The third kappa shape index (κ3) is 12.5. The second-order valence-electron chi connectivity index (χ2n) is 35.2. The molecule has 0 aliphatic rings. The first-order valence-electron chi connectivity index (χ1n) is 45.8. The summed E-state index contributed by atoms with van der Waals surface area (Å²) in [6.45, 7) is 0. The van der Waals surface area contributed by atoms with Gasteiger partial charge in [0.05, 0.1) is 47.2 Å². The first-order chi connectivity index (χ1) is 66.9. The molecule has 9 heterocycles. The zero-order chi connectivity index (χ0) is 88.5. The zero-order valence-corrected chi connectivity index (χ0v) is 75.0. The van der Waals surface area contributed by atoms with E-state index < -0.39 is 0 Å². The average Bonchev–Trinajstić information content (AvgIpc) is 1.57. The summed E-state index contributed by atoms with van der Waals surface area (Å²) in [5.41, 5.74) is 30.9. The molecule has 0 spiro atoms. The highest BCUT2D eigenvalue weighted by Crippen LogP contribution is 2.50. The molecule has 0 saturated carbocycles. The Morgan fingerprint density at radius 1 is 0.170 bits per heavy atom. The summed E-state index contributed by atoms with van der Waals surface area (Å²) < 4.78 is 34.5. The van der Waals surface area contributed by atoms with E-state index in [1.807, 2.05) is 34.0 Å². The van der Waals surface area contributed by atoms with Crippen molar-refractivity contribution in [2.75, 3.05) is 0 Å². The van der Waals surface area contributed by atoms with E-state index in [0.29, 0.717) is 0 Å². The van der Waals surface area contributed by atoms with Crippen LogP contribution in [0.25, 0.3) is 276 Å². The van der Waals surface area contributed by atoms with E-state index in [0.717, 1.165) is 76.9 Å². The smallest absolute Gasteiger partial charge is 0.143 e. The quantitative estimate of drug-likeness (QED) is 0.145. The van der Waals surface area contributed by atoms with Crippen LogP contribution in [0.4, 0.5) is 0 Å². The van der Waals surface area contributed by atoms with Gasteiger partial charge in [0.25, 0.3) is 0 Å². The van der Waals surface area contributed by atoms with Crippen molar-refractivity contribution in [1.82, 2.24) is 13.7 Å². The fourth-order valence-corrected chi connectivity index (χ4v) is 24.9. The van der Waals surface area contributed by atoms with Crippen molar-refractivity contribution >= 4 is 226 Å². The fourth-order valence-electron chi connectivity index (χ4n) is 21.3. The van der Waals surface area contributed by atoms with Gasteiger partial charge in [-0.2, -0.15) is 0 Å². The SMILES string of the molecule is c1ccc(-n2c3ccccc3c3sc4ccc(-c5cccc(-c6ccc7c(c6)oc6cc8ccccc8cc67)c5)cc4c32)cc1.c1ccc(-n2c3ccccc3c3sc4ccc(-c5cccc(-c6ccc7c(c6)oc6ccc8ccccc8c67)c5)cc4c32)cc1.c1ccc(-n2c3ccccc3c3sc4ccc(-c5cccc(-c6cccc7oc8c9ccccc9ccc8c67)c5)cc4c32)cc1. The van der Waals surface area contributed by atoms with Gasteiger partial charge in [-0.25, -0.2) is 0 Å². The van der Waals surface area contributed by atoms with Crippen molar-refractivity contribution in [3.63, 3.8) is 0 Å². The molecule has 9 aromatic heterocycles. The Labute approximate surface area is 785 Å². The van der Waals surface area contributed by atoms with Crippen molar-refractivity contribution in [3.05, 3.63) is 455 Å². The second-order valence-corrected chi connectivity index (χ2v) is 38.4. The Morgan fingerprint density at radius 3 is 1.02 bits per heavy atom. The molecule has 9 heteroatoms. The van der Waals surface area contributed by atoms with E-state index in [1.165, 1.54) is 199 Å². The van der Waals surface area contributed by atoms with Crippen LogP contribution in [0.2, 0.25) is 0 Å². The van der Waals surface area contributed by atoms with Gasteiger partial charge < -0.3 is 27.0 Å². The summed E-state index contributed by atoms with van der Waals surface area (Å²) in [4.78, 5) is 0. The van der Waals surface area contributed by atoms with Crippen molar-refractivity contribution in [2.24, 2.45) is 0 Å². The van der Waals surface area contributed by atoms with Gasteiger partial charge in [-0.05, 0) is 257 Å². The molecule has 0 saturated heterocycles. The molecule has 0 aliphatic carbocycles. The molecule has 135 heavy (non-hydrogen) atoms. The maximum Gasteiger partial charge on any atom is 0.143 e. The number of thiophene rings is 3. The lowest BCUT2D eigenvalue weighted by atomic mass is 9.95. The van der Waals surface area contributed by atoms with Gasteiger partial charge in [0.2, 0.25) is 0 Å². The van der Waals surface area contributed by atoms with Gasteiger partial charge in [-0.15, -0.1) is 34.0 Å². The van der Waals surface area contributed by atoms with Gasteiger partial charge in [0.1, 0.15) is 33.5 Å². The highest BCUT2D eigenvalue weighted by atomic mass is 32.1. The number of hydrogen-bond donors (Lipinski definition) is 0. The van der Waals surface area contributed by atoms with Crippen LogP contribution in [0, 0.1) is 0 Å². The van der Waals surface area contributed by atoms with E-state index in [2.05, 4.69) is 469 Å².